The van der Waals surface area contributed by atoms with Gasteiger partial charge in [0.2, 0.25) is 0 Å². The van der Waals surface area contributed by atoms with Gasteiger partial charge in [0, 0.05) is 18.3 Å². The van der Waals surface area contributed by atoms with Crippen molar-refractivity contribution in [2.45, 2.75) is 19.5 Å². The van der Waals surface area contributed by atoms with Crippen molar-refractivity contribution in [2.75, 3.05) is 12.0 Å². The average molecular weight is 245 g/mol. The van der Waals surface area contributed by atoms with Crippen LogP contribution in [0.1, 0.15) is 12.5 Å². The first kappa shape index (κ1) is 12.5. The summed E-state index contributed by atoms with van der Waals surface area (Å²) in [7, 11) is 0. The molecule has 1 nitrogen and oxygen atoms in total. The van der Waals surface area contributed by atoms with E-state index in [-0.39, 0.29) is 0 Å². The topological polar surface area (TPSA) is 12.0 Å². The first-order valence-corrected chi connectivity index (χ1v) is 7.39. The van der Waals surface area contributed by atoms with Gasteiger partial charge < -0.3 is 5.32 Å². The maximum Gasteiger partial charge on any atom is 0.0214 e. The zero-order valence-corrected chi connectivity index (χ0v) is 11.3. The Kier molecular flexibility index (Phi) is 4.46. The van der Waals surface area contributed by atoms with Crippen molar-refractivity contribution in [1.82, 2.24) is 5.32 Å². The molecule has 0 amide bonds. The quantitative estimate of drug-likeness (QED) is 0.862. The van der Waals surface area contributed by atoms with Crippen LogP contribution < -0.4 is 5.32 Å². The lowest BCUT2D eigenvalue weighted by Gasteiger charge is -2.13. The van der Waals surface area contributed by atoms with Gasteiger partial charge in [-0.3, -0.25) is 0 Å². The van der Waals surface area contributed by atoms with Crippen molar-refractivity contribution in [3.63, 3.8) is 0 Å². The molecule has 0 aliphatic heterocycles. The minimum Gasteiger partial charge on any atom is -0.309 e. The molecule has 1 unspecified atom stereocenters. The van der Waals surface area contributed by atoms with Crippen LogP contribution in [0.15, 0.2) is 42.5 Å². The molecule has 17 heavy (non-hydrogen) atoms. The zero-order valence-electron chi connectivity index (χ0n) is 10.4. The fourth-order valence-corrected chi connectivity index (χ4v) is 2.66. The van der Waals surface area contributed by atoms with Crippen LogP contribution in [0.5, 0.6) is 0 Å². The SMILES string of the molecule is CSCC(C)NCc1cccc2ccccc12. The van der Waals surface area contributed by atoms with E-state index in [9.17, 15) is 0 Å². The first-order valence-electron chi connectivity index (χ1n) is 6.00. The van der Waals surface area contributed by atoms with Crippen LogP contribution in [0.4, 0.5) is 0 Å². The number of rotatable bonds is 5. The van der Waals surface area contributed by atoms with Crippen LogP contribution in [0.2, 0.25) is 0 Å². The monoisotopic (exact) mass is 245 g/mol. The number of fused-ring (bicyclic) bond motifs is 1. The highest BCUT2D eigenvalue weighted by Crippen LogP contribution is 2.18. The molecule has 90 valence electrons. The summed E-state index contributed by atoms with van der Waals surface area (Å²) >= 11 is 1.89. The molecular formula is C15H19NS. The summed E-state index contributed by atoms with van der Waals surface area (Å²) in [5.41, 5.74) is 1.39. The summed E-state index contributed by atoms with van der Waals surface area (Å²) in [6, 6.07) is 15.6. The van der Waals surface area contributed by atoms with Crippen molar-refractivity contribution in [3.05, 3.63) is 48.0 Å². The van der Waals surface area contributed by atoms with E-state index in [1.165, 1.54) is 16.3 Å². The Morgan fingerprint density at radius 2 is 1.88 bits per heavy atom. The molecule has 2 aromatic carbocycles. The molecular weight excluding hydrogens is 226 g/mol. The van der Waals surface area contributed by atoms with Gasteiger partial charge >= 0.3 is 0 Å². The van der Waals surface area contributed by atoms with Crippen molar-refractivity contribution >= 4 is 22.5 Å². The number of hydrogen-bond donors (Lipinski definition) is 1. The van der Waals surface area contributed by atoms with Gasteiger partial charge in [0.05, 0.1) is 0 Å². The van der Waals surface area contributed by atoms with E-state index >= 15 is 0 Å². The lowest BCUT2D eigenvalue weighted by molar-refractivity contribution is 0.598. The van der Waals surface area contributed by atoms with Gasteiger partial charge in [0.25, 0.3) is 0 Å². The fourth-order valence-electron chi connectivity index (χ4n) is 2.04. The zero-order chi connectivity index (χ0) is 12.1. The maximum absolute atomic E-state index is 3.57. The molecule has 1 N–H and O–H groups in total. The summed E-state index contributed by atoms with van der Waals surface area (Å²) < 4.78 is 0. The molecule has 2 aromatic rings. The molecule has 0 aliphatic carbocycles. The second-order valence-corrected chi connectivity index (χ2v) is 5.29. The summed E-state index contributed by atoms with van der Waals surface area (Å²) in [5, 5.41) is 6.25. The van der Waals surface area contributed by atoms with E-state index in [0.29, 0.717) is 6.04 Å². The van der Waals surface area contributed by atoms with Gasteiger partial charge in [-0.2, -0.15) is 11.8 Å². The Hall–Kier alpha value is -0.990. The Bertz CT molecular complexity index is 476. The van der Waals surface area contributed by atoms with Crippen molar-refractivity contribution in [1.29, 1.82) is 0 Å². The Morgan fingerprint density at radius 3 is 2.71 bits per heavy atom. The molecule has 0 aliphatic rings. The van der Waals surface area contributed by atoms with E-state index in [1.807, 2.05) is 11.8 Å². The normalized spacial score (nSPS) is 12.8. The third kappa shape index (κ3) is 3.24. The van der Waals surface area contributed by atoms with Crippen LogP contribution >= 0.6 is 11.8 Å². The van der Waals surface area contributed by atoms with Crippen LogP contribution in [-0.4, -0.2) is 18.1 Å². The predicted octanol–water partition coefficient (Wildman–Crippen LogP) is 3.68. The molecule has 2 rings (SSSR count). The molecule has 0 fully saturated rings. The number of thioether (sulfide) groups is 1. The summed E-state index contributed by atoms with van der Waals surface area (Å²) in [4.78, 5) is 0. The van der Waals surface area contributed by atoms with Crippen LogP contribution in [-0.2, 0) is 6.54 Å². The molecule has 0 radical (unpaired) electrons. The largest absolute Gasteiger partial charge is 0.309 e. The van der Waals surface area contributed by atoms with Crippen LogP contribution in [0.3, 0.4) is 0 Å². The number of nitrogens with one attached hydrogen (secondary N) is 1. The molecule has 0 saturated heterocycles. The number of benzene rings is 2. The summed E-state index contributed by atoms with van der Waals surface area (Å²) in [6.07, 6.45) is 2.15. The molecule has 1 atom stereocenters. The Labute approximate surface area is 108 Å². The lowest BCUT2D eigenvalue weighted by atomic mass is 10.0. The van der Waals surface area contributed by atoms with Gasteiger partial charge in [0.15, 0.2) is 0 Å². The highest BCUT2D eigenvalue weighted by molar-refractivity contribution is 7.98. The Balaban J connectivity index is 2.13. The first-order chi connectivity index (χ1) is 8.31. The van der Waals surface area contributed by atoms with Crippen LogP contribution in [0, 0.1) is 0 Å². The van der Waals surface area contributed by atoms with E-state index < -0.39 is 0 Å². The molecule has 0 aromatic heterocycles. The van der Waals surface area contributed by atoms with Crippen LogP contribution in [0.25, 0.3) is 10.8 Å². The van der Waals surface area contributed by atoms with E-state index in [1.54, 1.807) is 0 Å². The summed E-state index contributed by atoms with van der Waals surface area (Å²) in [6.45, 7) is 3.19. The average Bonchev–Trinajstić information content (AvgIpc) is 2.36. The van der Waals surface area contributed by atoms with Gasteiger partial charge in [0.1, 0.15) is 0 Å². The van der Waals surface area contributed by atoms with Crippen molar-refractivity contribution in [2.24, 2.45) is 0 Å². The standard InChI is InChI=1S/C15H19NS/c1-12(11-17-2)16-10-14-8-5-7-13-6-3-4-9-15(13)14/h3-9,12,16H,10-11H2,1-2H3. The molecule has 0 spiro atoms. The third-order valence-electron chi connectivity index (χ3n) is 2.94. The molecule has 0 bridgehead atoms. The minimum absolute atomic E-state index is 0.559. The Morgan fingerprint density at radius 1 is 1.12 bits per heavy atom. The van der Waals surface area contributed by atoms with Crippen molar-refractivity contribution < 1.29 is 0 Å². The van der Waals surface area contributed by atoms with Gasteiger partial charge in [-0.05, 0) is 29.5 Å². The lowest BCUT2D eigenvalue weighted by Crippen LogP contribution is -2.27. The van der Waals surface area contributed by atoms with E-state index in [2.05, 4.69) is 61.0 Å². The highest BCUT2D eigenvalue weighted by atomic mass is 32.2. The second kappa shape index (κ2) is 6.08. The third-order valence-corrected chi connectivity index (χ3v) is 3.77. The fraction of sp³-hybridized carbons (Fsp3) is 0.333. The van der Waals surface area contributed by atoms with Gasteiger partial charge in [-0.25, -0.2) is 0 Å². The minimum atomic E-state index is 0.559. The number of hydrogen-bond acceptors (Lipinski definition) is 2. The molecule has 0 saturated carbocycles. The molecule has 0 heterocycles. The van der Waals surface area contributed by atoms with E-state index in [0.717, 1.165) is 12.3 Å². The molecule has 2 heteroatoms. The van der Waals surface area contributed by atoms with Crippen molar-refractivity contribution in [3.8, 4) is 0 Å². The summed E-state index contributed by atoms with van der Waals surface area (Å²) in [5.74, 6) is 1.16. The van der Waals surface area contributed by atoms with E-state index in [4.69, 9.17) is 0 Å². The second-order valence-electron chi connectivity index (χ2n) is 4.38. The predicted molar refractivity (Wildman–Crippen MR) is 78.6 cm³/mol. The van der Waals surface area contributed by atoms with Gasteiger partial charge in [-0.1, -0.05) is 42.5 Å². The maximum atomic E-state index is 3.57. The highest BCUT2D eigenvalue weighted by Gasteiger charge is 2.03. The van der Waals surface area contributed by atoms with Gasteiger partial charge in [-0.15, -0.1) is 0 Å². The smallest absolute Gasteiger partial charge is 0.0214 e.